The maximum atomic E-state index is 12.4. The highest BCUT2D eigenvalue weighted by molar-refractivity contribution is 5.74. The molecule has 2 heterocycles. The zero-order valence-electron chi connectivity index (χ0n) is 11.4. The Balaban J connectivity index is 1.90. The van der Waals surface area contributed by atoms with Crippen LogP contribution in [0.4, 0.5) is 23.8 Å². The van der Waals surface area contributed by atoms with Gasteiger partial charge < -0.3 is 15.5 Å². The summed E-state index contributed by atoms with van der Waals surface area (Å²) in [6, 6.07) is 1.94. The lowest BCUT2D eigenvalue weighted by Gasteiger charge is -2.17. The fourth-order valence-electron chi connectivity index (χ4n) is 2.10. The van der Waals surface area contributed by atoms with E-state index in [0.717, 1.165) is 6.07 Å². The Kier molecular flexibility index (Phi) is 4.49. The minimum atomic E-state index is -4.49. The third kappa shape index (κ3) is 3.96. The summed E-state index contributed by atoms with van der Waals surface area (Å²) in [5.74, 6) is 0.269. The molecule has 1 aliphatic heterocycles. The molecule has 0 aromatic carbocycles. The monoisotopic (exact) mass is 303 g/mol. The molecule has 2 amide bonds. The second-order valence-electron chi connectivity index (χ2n) is 4.71. The molecule has 6 nitrogen and oxygen atoms in total. The molecule has 116 valence electrons. The van der Waals surface area contributed by atoms with Gasteiger partial charge in [0.2, 0.25) is 0 Å². The Bertz CT molecular complexity index is 491. The molecule has 1 atom stereocenters. The number of aromatic nitrogens is 2. The first-order valence-electron chi connectivity index (χ1n) is 6.60. The van der Waals surface area contributed by atoms with Gasteiger partial charge in [0.25, 0.3) is 0 Å². The zero-order chi connectivity index (χ0) is 15.5. The summed E-state index contributed by atoms with van der Waals surface area (Å²) in [7, 11) is 0. The summed E-state index contributed by atoms with van der Waals surface area (Å²) in [5.41, 5.74) is -1.02. The maximum absolute atomic E-state index is 12.4. The summed E-state index contributed by atoms with van der Waals surface area (Å²) >= 11 is 0. The number of likely N-dealkylation sites (tertiary alicyclic amines) is 1. The summed E-state index contributed by atoms with van der Waals surface area (Å²) in [4.78, 5) is 13.3. The number of carbonyl (C=O) groups is 1. The van der Waals surface area contributed by atoms with Crippen molar-refractivity contribution in [1.29, 1.82) is 0 Å². The quantitative estimate of drug-likeness (QED) is 0.892. The lowest BCUT2D eigenvalue weighted by atomic mass is 10.2. The zero-order valence-corrected chi connectivity index (χ0v) is 11.4. The number of nitrogens with one attached hydrogen (secondary N) is 2. The van der Waals surface area contributed by atoms with Crippen molar-refractivity contribution in [2.75, 3.05) is 25.0 Å². The molecule has 1 fully saturated rings. The van der Waals surface area contributed by atoms with E-state index < -0.39 is 11.9 Å². The van der Waals surface area contributed by atoms with Gasteiger partial charge in [-0.2, -0.15) is 13.2 Å². The van der Waals surface area contributed by atoms with Gasteiger partial charge in [-0.25, -0.2) is 4.79 Å². The average molecular weight is 303 g/mol. The number of carbonyl (C=O) groups excluding carboxylic acids is 1. The van der Waals surface area contributed by atoms with Gasteiger partial charge in [0.05, 0.1) is 0 Å². The van der Waals surface area contributed by atoms with Crippen molar-refractivity contribution in [2.45, 2.75) is 25.6 Å². The number of hydrogen-bond donors (Lipinski definition) is 2. The fraction of sp³-hybridized carbons (Fsp3) is 0.583. The molecule has 1 aromatic heterocycles. The number of urea groups is 1. The average Bonchev–Trinajstić information content (AvgIpc) is 2.87. The molecular formula is C12H16F3N5O. The van der Waals surface area contributed by atoms with E-state index in [-0.39, 0.29) is 17.9 Å². The van der Waals surface area contributed by atoms with Crippen molar-refractivity contribution in [2.24, 2.45) is 0 Å². The van der Waals surface area contributed by atoms with Crippen LogP contribution in [0, 0.1) is 0 Å². The van der Waals surface area contributed by atoms with E-state index in [1.807, 2.05) is 6.92 Å². The lowest BCUT2D eigenvalue weighted by molar-refractivity contribution is -0.141. The first-order valence-corrected chi connectivity index (χ1v) is 6.60. The van der Waals surface area contributed by atoms with Crippen molar-refractivity contribution >= 4 is 11.8 Å². The van der Waals surface area contributed by atoms with E-state index in [0.29, 0.717) is 26.1 Å². The van der Waals surface area contributed by atoms with Crippen LogP contribution in [0.5, 0.6) is 0 Å². The summed E-state index contributed by atoms with van der Waals surface area (Å²) in [6.07, 6.45) is -3.78. The number of alkyl halides is 3. The maximum Gasteiger partial charge on any atom is 0.435 e. The van der Waals surface area contributed by atoms with Gasteiger partial charge in [-0.3, -0.25) is 0 Å². The molecule has 0 spiro atoms. The molecule has 0 radical (unpaired) electrons. The van der Waals surface area contributed by atoms with Crippen LogP contribution >= 0.6 is 0 Å². The number of amides is 2. The van der Waals surface area contributed by atoms with E-state index >= 15 is 0 Å². The van der Waals surface area contributed by atoms with Crippen LogP contribution in [0.3, 0.4) is 0 Å². The standard InChI is InChI=1S/C12H16F3N5O/c1-2-16-11(21)20-6-5-8(7-20)17-10-4-3-9(18-19-10)12(13,14)15/h3-4,8H,2,5-7H2,1H3,(H,16,21)(H,17,19). The number of hydrogen-bond acceptors (Lipinski definition) is 4. The predicted octanol–water partition coefficient (Wildman–Crippen LogP) is 1.71. The van der Waals surface area contributed by atoms with Gasteiger partial charge in [-0.1, -0.05) is 0 Å². The van der Waals surface area contributed by atoms with Crippen LogP contribution in [0.2, 0.25) is 0 Å². The van der Waals surface area contributed by atoms with Crippen LogP contribution in [0.1, 0.15) is 19.0 Å². The lowest BCUT2D eigenvalue weighted by Crippen LogP contribution is -2.39. The second-order valence-corrected chi connectivity index (χ2v) is 4.71. The number of halogens is 3. The largest absolute Gasteiger partial charge is 0.435 e. The fourth-order valence-corrected chi connectivity index (χ4v) is 2.10. The molecule has 1 aromatic rings. The Morgan fingerprint density at radius 2 is 2.19 bits per heavy atom. The Hall–Kier alpha value is -2.06. The number of rotatable bonds is 3. The van der Waals surface area contributed by atoms with Crippen LogP contribution in [-0.4, -0.2) is 46.8 Å². The molecule has 0 aliphatic carbocycles. The highest BCUT2D eigenvalue weighted by Gasteiger charge is 2.33. The third-order valence-electron chi connectivity index (χ3n) is 3.11. The highest BCUT2D eigenvalue weighted by Crippen LogP contribution is 2.27. The Morgan fingerprint density at radius 1 is 1.43 bits per heavy atom. The van der Waals surface area contributed by atoms with E-state index in [2.05, 4.69) is 20.8 Å². The van der Waals surface area contributed by atoms with Gasteiger partial charge in [0, 0.05) is 25.7 Å². The van der Waals surface area contributed by atoms with Crippen LogP contribution in [0.15, 0.2) is 12.1 Å². The minimum Gasteiger partial charge on any atom is -0.364 e. The molecule has 1 unspecified atom stereocenters. The molecule has 2 N–H and O–H groups in total. The van der Waals surface area contributed by atoms with Crippen LogP contribution in [0.25, 0.3) is 0 Å². The van der Waals surface area contributed by atoms with Crippen LogP contribution in [-0.2, 0) is 6.18 Å². The first kappa shape index (κ1) is 15.3. The van der Waals surface area contributed by atoms with Gasteiger partial charge in [-0.05, 0) is 25.5 Å². The SMILES string of the molecule is CCNC(=O)N1CCC(Nc2ccc(C(F)(F)F)nn2)C1. The van der Waals surface area contributed by atoms with E-state index in [1.54, 1.807) is 4.90 Å². The van der Waals surface area contributed by atoms with E-state index in [9.17, 15) is 18.0 Å². The topological polar surface area (TPSA) is 70.2 Å². The molecule has 2 rings (SSSR count). The molecule has 1 aliphatic rings. The first-order chi connectivity index (χ1) is 9.90. The predicted molar refractivity (Wildman–Crippen MR) is 69.7 cm³/mol. The number of nitrogens with zero attached hydrogens (tertiary/aromatic N) is 3. The van der Waals surface area contributed by atoms with Gasteiger partial charge in [-0.15, -0.1) is 10.2 Å². The Morgan fingerprint density at radius 3 is 2.76 bits per heavy atom. The van der Waals surface area contributed by atoms with E-state index in [1.165, 1.54) is 6.07 Å². The molecule has 1 saturated heterocycles. The summed E-state index contributed by atoms with van der Waals surface area (Å²) in [5, 5.41) is 12.3. The van der Waals surface area contributed by atoms with E-state index in [4.69, 9.17) is 0 Å². The third-order valence-corrected chi connectivity index (χ3v) is 3.11. The molecule has 21 heavy (non-hydrogen) atoms. The van der Waals surface area contributed by atoms with Crippen molar-refractivity contribution in [1.82, 2.24) is 20.4 Å². The molecule has 9 heteroatoms. The highest BCUT2D eigenvalue weighted by atomic mass is 19.4. The van der Waals surface area contributed by atoms with Crippen molar-refractivity contribution in [3.8, 4) is 0 Å². The van der Waals surface area contributed by atoms with Gasteiger partial charge in [0.1, 0.15) is 5.82 Å². The smallest absolute Gasteiger partial charge is 0.364 e. The summed E-state index contributed by atoms with van der Waals surface area (Å²) in [6.45, 7) is 3.46. The Labute approximate surface area is 119 Å². The van der Waals surface area contributed by atoms with Crippen molar-refractivity contribution < 1.29 is 18.0 Å². The minimum absolute atomic E-state index is 0.0429. The molecule has 0 bridgehead atoms. The van der Waals surface area contributed by atoms with Crippen molar-refractivity contribution in [3.05, 3.63) is 17.8 Å². The molecular weight excluding hydrogens is 287 g/mol. The second kappa shape index (κ2) is 6.15. The summed E-state index contributed by atoms with van der Waals surface area (Å²) < 4.78 is 37.1. The van der Waals surface area contributed by atoms with Gasteiger partial charge >= 0.3 is 12.2 Å². The van der Waals surface area contributed by atoms with Crippen LogP contribution < -0.4 is 10.6 Å². The molecule has 0 saturated carbocycles. The normalized spacial score (nSPS) is 18.7. The van der Waals surface area contributed by atoms with Crippen molar-refractivity contribution in [3.63, 3.8) is 0 Å². The number of anilines is 1. The van der Waals surface area contributed by atoms with Gasteiger partial charge in [0.15, 0.2) is 5.69 Å².